The van der Waals surface area contributed by atoms with Gasteiger partial charge >= 0.3 is 0 Å². The van der Waals surface area contributed by atoms with Crippen molar-refractivity contribution >= 4 is 17.2 Å². The lowest BCUT2D eigenvalue weighted by atomic mass is 10.1. The number of hydrogen-bond acceptors (Lipinski definition) is 5. The van der Waals surface area contributed by atoms with E-state index in [0.29, 0.717) is 5.56 Å². The fraction of sp³-hybridized carbons (Fsp3) is 0.188. The molecule has 2 N–H and O–H groups in total. The minimum absolute atomic E-state index is 0.180. The maximum Gasteiger partial charge on any atom is 0.251 e. The summed E-state index contributed by atoms with van der Waals surface area (Å²) in [5, 5.41) is 20.6. The Kier molecular flexibility index (Phi) is 4.50. The van der Waals surface area contributed by atoms with Gasteiger partial charge in [0.2, 0.25) is 0 Å². The van der Waals surface area contributed by atoms with Gasteiger partial charge in [-0.15, -0.1) is 0 Å². The van der Waals surface area contributed by atoms with Crippen LogP contribution in [0.25, 0.3) is 5.69 Å². The quantitative estimate of drug-likeness (QED) is 0.752. The number of nitrogens with one attached hydrogen (secondary N) is 1. The summed E-state index contributed by atoms with van der Waals surface area (Å²) in [6, 6.07) is 7.28. The molecule has 1 unspecified atom stereocenters. The fourth-order valence-electron chi connectivity index (χ4n) is 2.25. The van der Waals surface area contributed by atoms with Gasteiger partial charge in [-0.1, -0.05) is 0 Å². The highest BCUT2D eigenvalue weighted by atomic mass is 32.1. The van der Waals surface area contributed by atoms with Crippen LogP contribution in [-0.4, -0.2) is 32.3 Å². The first-order chi connectivity index (χ1) is 11.1. The maximum absolute atomic E-state index is 12.3. The van der Waals surface area contributed by atoms with Gasteiger partial charge in [0.05, 0.1) is 11.8 Å². The number of carbonyl (C=O) groups excluding carboxylic acids is 1. The van der Waals surface area contributed by atoms with E-state index in [0.717, 1.165) is 16.8 Å². The molecule has 0 aliphatic carbocycles. The maximum atomic E-state index is 12.3. The van der Waals surface area contributed by atoms with Crippen molar-refractivity contribution in [3.05, 3.63) is 64.4 Å². The lowest BCUT2D eigenvalue weighted by Crippen LogP contribution is -2.28. The SMILES string of the molecule is Cc1cc(-n2cncn2)ccc1C(=O)NCC(O)c1ccsc1. The first kappa shape index (κ1) is 15.4. The molecule has 0 saturated carbocycles. The molecule has 2 heterocycles. The van der Waals surface area contributed by atoms with Crippen molar-refractivity contribution in [1.82, 2.24) is 20.1 Å². The third kappa shape index (κ3) is 3.46. The van der Waals surface area contributed by atoms with Crippen LogP contribution in [0.4, 0.5) is 0 Å². The molecular weight excluding hydrogens is 312 g/mol. The Labute approximate surface area is 137 Å². The highest BCUT2D eigenvalue weighted by Gasteiger charge is 2.13. The summed E-state index contributed by atoms with van der Waals surface area (Å²) in [6.07, 6.45) is 2.37. The normalized spacial score (nSPS) is 12.1. The van der Waals surface area contributed by atoms with E-state index in [1.54, 1.807) is 17.1 Å². The topological polar surface area (TPSA) is 80.0 Å². The second-order valence-corrected chi connectivity index (χ2v) is 5.90. The molecule has 0 saturated heterocycles. The van der Waals surface area contributed by atoms with Crippen molar-refractivity contribution in [2.24, 2.45) is 0 Å². The average Bonchev–Trinajstić information content (AvgIpc) is 3.24. The van der Waals surface area contributed by atoms with Crippen LogP contribution in [0.1, 0.15) is 27.6 Å². The highest BCUT2D eigenvalue weighted by Crippen LogP contribution is 2.16. The van der Waals surface area contributed by atoms with E-state index >= 15 is 0 Å². The number of rotatable bonds is 5. The molecular formula is C16H16N4O2S. The molecule has 1 aromatic carbocycles. The minimum Gasteiger partial charge on any atom is -0.387 e. The molecule has 1 atom stereocenters. The van der Waals surface area contributed by atoms with E-state index in [1.165, 1.54) is 17.7 Å². The number of aliphatic hydroxyl groups is 1. The van der Waals surface area contributed by atoms with Gasteiger partial charge in [0.25, 0.3) is 5.91 Å². The summed E-state index contributed by atoms with van der Waals surface area (Å²) in [7, 11) is 0. The Morgan fingerprint density at radius 1 is 1.43 bits per heavy atom. The molecule has 0 radical (unpaired) electrons. The number of nitrogens with zero attached hydrogens (tertiary/aromatic N) is 3. The first-order valence-electron chi connectivity index (χ1n) is 7.09. The molecule has 2 aromatic heterocycles. The monoisotopic (exact) mass is 328 g/mol. The zero-order valence-corrected chi connectivity index (χ0v) is 13.3. The standard InChI is InChI=1S/C16H16N4O2S/c1-11-6-13(20-10-17-9-19-20)2-3-14(11)16(22)18-7-15(21)12-4-5-23-8-12/h2-6,8-10,15,21H,7H2,1H3,(H,18,22). The van der Waals surface area contributed by atoms with Gasteiger partial charge in [0, 0.05) is 12.1 Å². The zero-order valence-electron chi connectivity index (χ0n) is 12.5. The minimum atomic E-state index is -0.695. The van der Waals surface area contributed by atoms with E-state index in [4.69, 9.17) is 0 Å². The van der Waals surface area contributed by atoms with Gasteiger partial charge in [-0.3, -0.25) is 4.79 Å². The predicted octanol–water partition coefficient (Wildman–Crippen LogP) is 2.10. The molecule has 1 amide bonds. The summed E-state index contributed by atoms with van der Waals surface area (Å²) < 4.78 is 1.63. The summed E-state index contributed by atoms with van der Waals surface area (Å²) in [4.78, 5) is 16.2. The van der Waals surface area contributed by atoms with E-state index in [2.05, 4.69) is 15.4 Å². The summed E-state index contributed by atoms with van der Waals surface area (Å²) in [5.74, 6) is -0.207. The van der Waals surface area contributed by atoms with Crippen LogP contribution in [0.2, 0.25) is 0 Å². The number of thiophene rings is 1. The first-order valence-corrected chi connectivity index (χ1v) is 8.03. The second-order valence-electron chi connectivity index (χ2n) is 5.12. The zero-order chi connectivity index (χ0) is 16.2. The van der Waals surface area contributed by atoms with Crippen molar-refractivity contribution in [3.8, 4) is 5.69 Å². The third-order valence-electron chi connectivity index (χ3n) is 3.52. The van der Waals surface area contributed by atoms with Gasteiger partial charge in [0.15, 0.2) is 0 Å². The Balaban J connectivity index is 1.68. The largest absolute Gasteiger partial charge is 0.387 e. The van der Waals surface area contributed by atoms with Gasteiger partial charge in [0.1, 0.15) is 12.7 Å². The molecule has 118 valence electrons. The van der Waals surface area contributed by atoms with Crippen LogP contribution < -0.4 is 5.32 Å². The lowest BCUT2D eigenvalue weighted by Gasteiger charge is -2.12. The smallest absolute Gasteiger partial charge is 0.251 e. The van der Waals surface area contributed by atoms with Gasteiger partial charge < -0.3 is 10.4 Å². The summed E-state index contributed by atoms with van der Waals surface area (Å²) >= 11 is 1.52. The lowest BCUT2D eigenvalue weighted by molar-refractivity contribution is 0.0916. The Morgan fingerprint density at radius 2 is 2.30 bits per heavy atom. The molecule has 0 aliphatic heterocycles. The van der Waals surface area contributed by atoms with Crippen LogP contribution in [0.3, 0.4) is 0 Å². The number of aliphatic hydroxyl groups excluding tert-OH is 1. The molecule has 0 fully saturated rings. The Bertz CT molecular complexity index is 785. The van der Waals surface area contributed by atoms with E-state index in [9.17, 15) is 9.90 Å². The number of amides is 1. The molecule has 0 spiro atoms. The molecule has 0 bridgehead atoms. The fourth-order valence-corrected chi connectivity index (χ4v) is 2.96. The third-order valence-corrected chi connectivity index (χ3v) is 4.22. The van der Waals surface area contributed by atoms with Crippen LogP contribution in [-0.2, 0) is 0 Å². The summed E-state index contributed by atoms with van der Waals surface area (Å²) in [5.41, 5.74) is 3.07. The van der Waals surface area contributed by atoms with Crippen molar-refractivity contribution in [3.63, 3.8) is 0 Å². The van der Waals surface area contributed by atoms with E-state index in [1.807, 2.05) is 35.9 Å². The second kappa shape index (κ2) is 6.72. The van der Waals surface area contributed by atoms with Crippen molar-refractivity contribution in [2.75, 3.05) is 6.54 Å². The highest BCUT2D eigenvalue weighted by molar-refractivity contribution is 7.07. The molecule has 3 aromatic rings. The molecule has 0 aliphatic rings. The van der Waals surface area contributed by atoms with Crippen molar-refractivity contribution in [1.29, 1.82) is 0 Å². The van der Waals surface area contributed by atoms with Crippen LogP contribution in [0, 0.1) is 6.92 Å². The Morgan fingerprint density at radius 3 is 2.96 bits per heavy atom. The van der Waals surface area contributed by atoms with Crippen molar-refractivity contribution < 1.29 is 9.90 Å². The Hall–Kier alpha value is -2.51. The number of carbonyl (C=O) groups is 1. The number of hydrogen-bond donors (Lipinski definition) is 2. The number of benzene rings is 1. The molecule has 3 rings (SSSR count). The van der Waals surface area contributed by atoms with Gasteiger partial charge in [-0.2, -0.15) is 16.4 Å². The van der Waals surface area contributed by atoms with Gasteiger partial charge in [-0.05, 0) is 53.1 Å². The molecule has 23 heavy (non-hydrogen) atoms. The summed E-state index contributed by atoms with van der Waals surface area (Å²) in [6.45, 7) is 2.05. The van der Waals surface area contributed by atoms with Crippen LogP contribution >= 0.6 is 11.3 Å². The average molecular weight is 328 g/mol. The van der Waals surface area contributed by atoms with Gasteiger partial charge in [-0.25, -0.2) is 9.67 Å². The molecule has 7 heteroatoms. The van der Waals surface area contributed by atoms with Crippen molar-refractivity contribution in [2.45, 2.75) is 13.0 Å². The number of aryl methyl sites for hydroxylation is 1. The van der Waals surface area contributed by atoms with E-state index in [-0.39, 0.29) is 12.5 Å². The molecule has 6 nitrogen and oxygen atoms in total. The van der Waals surface area contributed by atoms with Crippen LogP contribution in [0.15, 0.2) is 47.7 Å². The van der Waals surface area contributed by atoms with Crippen LogP contribution in [0.5, 0.6) is 0 Å². The predicted molar refractivity (Wildman–Crippen MR) is 87.7 cm³/mol. The van der Waals surface area contributed by atoms with E-state index < -0.39 is 6.10 Å². The number of aromatic nitrogens is 3.